The Kier molecular flexibility index (Phi) is 6.92. The quantitative estimate of drug-likeness (QED) is 0.674. The molecule has 1 aromatic rings. The number of aliphatic hydroxyl groups is 2. The molecule has 0 bridgehead atoms. The number of rotatable bonds is 7. The third-order valence-electron chi connectivity index (χ3n) is 3.26. The van der Waals surface area contributed by atoms with E-state index in [9.17, 15) is 10.2 Å². The highest BCUT2D eigenvalue weighted by molar-refractivity contribution is 5.54. The van der Waals surface area contributed by atoms with E-state index in [0.29, 0.717) is 12.0 Å². The van der Waals surface area contributed by atoms with Crippen molar-refractivity contribution in [1.29, 1.82) is 0 Å². The van der Waals surface area contributed by atoms with Gasteiger partial charge in [-0.25, -0.2) is 0 Å². The Balaban J connectivity index is 2.65. The van der Waals surface area contributed by atoms with Gasteiger partial charge >= 0.3 is 0 Å². The van der Waals surface area contributed by atoms with Crippen molar-refractivity contribution in [2.75, 3.05) is 6.61 Å². The fraction of sp³-hybridized carbons (Fsp3) is 0.333. The van der Waals surface area contributed by atoms with E-state index in [1.807, 2.05) is 26.0 Å². The lowest BCUT2D eigenvalue weighted by Crippen LogP contribution is -2.12. The van der Waals surface area contributed by atoms with Gasteiger partial charge in [0.2, 0.25) is 0 Å². The monoisotopic (exact) mass is 288 g/mol. The molecule has 0 saturated heterocycles. The molecule has 3 N–H and O–H groups in total. The molecular formula is C18H24O3. The molecule has 3 nitrogen and oxygen atoms in total. The standard InChI is InChI=1S/C18H24O3/c1-13(2)17(9-10-19)18(21)8-7-14(3)11-15-5-4-6-16(20)12-15/h4-6,9,11-12,18-21H,1,7-8,10H2,2-3H3/b14-11+,17-9-. The number of benzene rings is 1. The summed E-state index contributed by atoms with van der Waals surface area (Å²) in [5.41, 5.74) is 3.52. The topological polar surface area (TPSA) is 60.7 Å². The second kappa shape index (κ2) is 8.45. The van der Waals surface area contributed by atoms with Crippen molar-refractivity contribution in [2.45, 2.75) is 32.8 Å². The van der Waals surface area contributed by atoms with Crippen LogP contribution in [0.1, 0.15) is 32.3 Å². The normalized spacial score (nSPS) is 14.1. The van der Waals surface area contributed by atoms with Crippen molar-refractivity contribution in [3.63, 3.8) is 0 Å². The molecule has 0 heterocycles. The molecule has 0 aliphatic rings. The van der Waals surface area contributed by atoms with Crippen molar-refractivity contribution in [3.05, 3.63) is 59.2 Å². The maximum absolute atomic E-state index is 10.2. The average molecular weight is 288 g/mol. The van der Waals surface area contributed by atoms with Gasteiger partial charge in [-0.05, 0) is 50.0 Å². The second-order valence-electron chi connectivity index (χ2n) is 5.26. The van der Waals surface area contributed by atoms with Crippen LogP contribution in [0.4, 0.5) is 0 Å². The maximum atomic E-state index is 10.2. The summed E-state index contributed by atoms with van der Waals surface area (Å²) < 4.78 is 0. The van der Waals surface area contributed by atoms with Gasteiger partial charge in [-0.2, -0.15) is 0 Å². The molecule has 0 spiro atoms. The van der Waals surface area contributed by atoms with Crippen LogP contribution in [0.15, 0.2) is 53.6 Å². The summed E-state index contributed by atoms with van der Waals surface area (Å²) in [7, 11) is 0. The minimum atomic E-state index is -0.623. The summed E-state index contributed by atoms with van der Waals surface area (Å²) in [5, 5.41) is 28.6. The van der Waals surface area contributed by atoms with Crippen LogP contribution in [-0.2, 0) is 0 Å². The highest BCUT2D eigenvalue weighted by atomic mass is 16.3. The number of allylic oxidation sites excluding steroid dienone is 1. The van der Waals surface area contributed by atoms with Gasteiger partial charge in [-0.1, -0.05) is 42.0 Å². The van der Waals surface area contributed by atoms with E-state index in [1.165, 1.54) is 0 Å². The van der Waals surface area contributed by atoms with Gasteiger partial charge in [-0.15, -0.1) is 0 Å². The van der Waals surface area contributed by atoms with Crippen molar-refractivity contribution in [1.82, 2.24) is 0 Å². The number of hydrogen-bond donors (Lipinski definition) is 3. The number of phenolic OH excluding ortho intramolecular Hbond substituents is 1. The van der Waals surface area contributed by atoms with Gasteiger partial charge in [-0.3, -0.25) is 0 Å². The Morgan fingerprint density at radius 2 is 2.05 bits per heavy atom. The average Bonchev–Trinajstić information content (AvgIpc) is 2.42. The predicted octanol–water partition coefficient (Wildman–Crippen LogP) is 3.43. The Hall–Kier alpha value is -1.84. The molecule has 0 radical (unpaired) electrons. The highest BCUT2D eigenvalue weighted by Gasteiger charge is 2.11. The first kappa shape index (κ1) is 17.2. The Morgan fingerprint density at radius 1 is 1.33 bits per heavy atom. The molecule has 3 heteroatoms. The van der Waals surface area contributed by atoms with E-state index in [2.05, 4.69) is 6.58 Å². The van der Waals surface area contributed by atoms with E-state index < -0.39 is 6.10 Å². The Morgan fingerprint density at radius 3 is 2.62 bits per heavy atom. The summed E-state index contributed by atoms with van der Waals surface area (Å²) in [6, 6.07) is 7.05. The summed E-state index contributed by atoms with van der Waals surface area (Å²) in [6.07, 6.45) is 4.26. The van der Waals surface area contributed by atoms with E-state index >= 15 is 0 Å². The molecule has 0 saturated carbocycles. The molecule has 1 rings (SSSR count). The first-order valence-corrected chi connectivity index (χ1v) is 7.05. The van der Waals surface area contributed by atoms with Crippen LogP contribution in [0.25, 0.3) is 6.08 Å². The predicted molar refractivity (Wildman–Crippen MR) is 87.0 cm³/mol. The SMILES string of the molecule is C=C(C)/C(=C/CO)C(O)CC/C(C)=C/c1cccc(O)c1. The van der Waals surface area contributed by atoms with Crippen molar-refractivity contribution < 1.29 is 15.3 Å². The summed E-state index contributed by atoms with van der Waals surface area (Å²) in [6.45, 7) is 7.53. The summed E-state index contributed by atoms with van der Waals surface area (Å²) in [5.74, 6) is 0.243. The van der Waals surface area contributed by atoms with Crippen LogP contribution in [0.5, 0.6) is 5.75 Å². The van der Waals surface area contributed by atoms with Gasteiger partial charge in [0.25, 0.3) is 0 Å². The molecule has 0 aromatic heterocycles. The number of phenols is 1. The van der Waals surface area contributed by atoms with Crippen molar-refractivity contribution in [2.24, 2.45) is 0 Å². The lowest BCUT2D eigenvalue weighted by atomic mass is 9.96. The Labute approximate surface area is 126 Å². The number of aromatic hydroxyl groups is 1. The second-order valence-corrected chi connectivity index (χ2v) is 5.26. The highest BCUT2D eigenvalue weighted by Crippen LogP contribution is 2.20. The lowest BCUT2D eigenvalue weighted by molar-refractivity contribution is 0.201. The molecular weight excluding hydrogens is 264 g/mol. The molecule has 21 heavy (non-hydrogen) atoms. The minimum Gasteiger partial charge on any atom is -0.508 e. The van der Waals surface area contributed by atoms with Crippen LogP contribution >= 0.6 is 0 Å². The van der Waals surface area contributed by atoms with E-state index in [4.69, 9.17) is 5.11 Å². The molecule has 1 aromatic carbocycles. The van der Waals surface area contributed by atoms with Crippen LogP contribution < -0.4 is 0 Å². The molecule has 114 valence electrons. The fourth-order valence-corrected chi connectivity index (χ4v) is 2.18. The zero-order valence-corrected chi connectivity index (χ0v) is 12.7. The molecule has 0 amide bonds. The van der Waals surface area contributed by atoms with E-state index in [1.54, 1.807) is 24.3 Å². The number of hydrogen-bond acceptors (Lipinski definition) is 3. The smallest absolute Gasteiger partial charge is 0.116 e. The third kappa shape index (κ3) is 5.98. The third-order valence-corrected chi connectivity index (χ3v) is 3.26. The van der Waals surface area contributed by atoms with Gasteiger partial charge < -0.3 is 15.3 Å². The molecule has 0 aliphatic heterocycles. The van der Waals surface area contributed by atoms with Gasteiger partial charge in [0.1, 0.15) is 5.75 Å². The maximum Gasteiger partial charge on any atom is 0.116 e. The van der Waals surface area contributed by atoms with Crippen LogP contribution in [-0.4, -0.2) is 28.0 Å². The summed E-state index contributed by atoms with van der Waals surface area (Å²) in [4.78, 5) is 0. The van der Waals surface area contributed by atoms with Gasteiger partial charge in [0.05, 0.1) is 12.7 Å². The molecule has 1 unspecified atom stereocenters. The minimum absolute atomic E-state index is 0.0998. The first-order chi connectivity index (χ1) is 9.93. The molecule has 0 fully saturated rings. The number of aliphatic hydroxyl groups excluding tert-OH is 2. The first-order valence-electron chi connectivity index (χ1n) is 7.05. The van der Waals surface area contributed by atoms with Gasteiger partial charge in [0, 0.05) is 0 Å². The fourth-order valence-electron chi connectivity index (χ4n) is 2.18. The van der Waals surface area contributed by atoms with Crippen LogP contribution in [0, 0.1) is 0 Å². The van der Waals surface area contributed by atoms with Crippen molar-refractivity contribution >= 4 is 6.08 Å². The summed E-state index contributed by atoms with van der Waals surface area (Å²) >= 11 is 0. The lowest BCUT2D eigenvalue weighted by Gasteiger charge is -2.15. The van der Waals surface area contributed by atoms with Gasteiger partial charge in [0.15, 0.2) is 0 Å². The molecule has 0 aliphatic carbocycles. The van der Waals surface area contributed by atoms with E-state index in [-0.39, 0.29) is 12.4 Å². The largest absolute Gasteiger partial charge is 0.508 e. The van der Waals surface area contributed by atoms with Crippen molar-refractivity contribution in [3.8, 4) is 5.75 Å². The zero-order valence-electron chi connectivity index (χ0n) is 12.7. The molecule has 1 atom stereocenters. The van der Waals surface area contributed by atoms with Crippen LogP contribution in [0.3, 0.4) is 0 Å². The van der Waals surface area contributed by atoms with Crippen LogP contribution in [0.2, 0.25) is 0 Å². The zero-order chi connectivity index (χ0) is 15.8. The Bertz CT molecular complexity index is 541. The van der Waals surface area contributed by atoms with E-state index in [0.717, 1.165) is 23.1 Å².